The molecule has 6 rings (SSSR count). The highest BCUT2D eigenvalue weighted by molar-refractivity contribution is 6.00. The van der Waals surface area contributed by atoms with E-state index < -0.39 is 0 Å². The summed E-state index contributed by atoms with van der Waals surface area (Å²) in [7, 11) is 0. The first-order chi connectivity index (χ1) is 15.4. The van der Waals surface area contributed by atoms with Gasteiger partial charge in [0.2, 0.25) is 0 Å². The summed E-state index contributed by atoms with van der Waals surface area (Å²) in [6.07, 6.45) is 13.1. The number of pyridine rings is 1. The normalized spacial score (nSPS) is 15.0. The average molecular weight is 401 g/mol. The molecular formula is C29H24N2. The third-order valence-electron chi connectivity index (χ3n) is 6.56. The second-order valence-electron chi connectivity index (χ2n) is 8.40. The smallest absolute Gasteiger partial charge is 0.0470 e. The Morgan fingerprint density at radius 1 is 0.774 bits per heavy atom. The van der Waals surface area contributed by atoms with Gasteiger partial charge in [-0.2, -0.15) is 0 Å². The van der Waals surface area contributed by atoms with E-state index in [1.54, 1.807) is 5.57 Å². The molecule has 2 aliphatic carbocycles. The van der Waals surface area contributed by atoms with E-state index in [4.69, 9.17) is 0 Å². The van der Waals surface area contributed by atoms with E-state index in [1.807, 2.05) is 12.4 Å². The number of nitrogens with zero attached hydrogens (tertiary/aromatic N) is 1. The van der Waals surface area contributed by atoms with Crippen LogP contribution in [0.1, 0.15) is 30.4 Å². The second kappa shape index (κ2) is 7.55. The van der Waals surface area contributed by atoms with Gasteiger partial charge in [-0.25, -0.2) is 0 Å². The molecule has 1 aromatic heterocycles. The highest BCUT2D eigenvalue weighted by Crippen LogP contribution is 2.42. The molecule has 1 N–H and O–H groups in total. The van der Waals surface area contributed by atoms with Crippen LogP contribution in [-0.4, -0.2) is 4.98 Å². The highest BCUT2D eigenvalue weighted by atomic mass is 14.9. The van der Waals surface area contributed by atoms with E-state index in [1.165, 1.54) is 57.9 Å². The van der Waals surface area contributed by atoms with Crippen molar-refractivity contribution in [2.45, 2.75) is 25.7 Å². The lowest BCUT2D eigenvalue weighted by atomic mass is 9.79. The quantitative estimate of drug-likeness (QED) is 0.381. The van der Waals surface area contributed by atoms with Gasteiger partial charge in [0.1, 0.15) is 0 Å². The molecule has 2 nitrogen and oxygen atoms in total. The second-order valence-corrected chi connectivity index (χ2v) is 8.40. The van der Waals surface area contributed by atoms with E-state index in [-0.39, 0.29) is 0 Å². The molecule has 0 fully saturated rings. The molecule has 2 heteroatoms. The number of allylic oxidation sites excluding steroid dienone is 4. The number of anilines is 2. The molecule has 4 aromatic rings. The molecule has 0 saturated heterocycles. The molecule has 0 radical (unpaired) electrons. The summed E-state index contributed by atoms with van der Waals surface area (Å²) in [6.45, 7) is 0. The lowest BCUT2D eigenvalue weighted by Gasteiger charge is -2.26. The van der Waals surface area contributed by atoms with Gasteiger partial charge in [0.15, 0.2) is 0 Å². The van der Waals surface area contributed by atoms with Crippen LogP contribution in [-0.2, 0) is 6.42 Å². The summed E-state index contributed by atoms with van der Waals surface area (Å²) < 4.78 is 0. The predicted molar refractivity (Wildman–Crippen MR) is 131 cm³/mol. The Balaban J connectivity index is 1.56. The zero-order valence-corrected chi connectivity index (χ0v) is 17.4. The minimum Gasteiger partial charge on any atom is -0.355 e. The number of rotatable bonds is 3. The van der Waals surface area contributed by atoms with Crippen molar-refractivity contribution in [3.8, 4) is 11.1 Å². The van der Waals surface area contributed by atoms with Crippen molar-refractivity contribution in [1.29, 1.82) is 0 Å². The summed E-state index contributed by atoms with van der Waals surface area (Å²) >= 11 is 0. The topological polar surface area (TPSA) is 24.9 Å². The molecule has 0 aliphatic heterocycles. The number of aromatic nitrogens is 1. The number of aryl methyl sites for hydroxylation is 1. The average Bonchev–Trinajstić information content (AvgIpc) is 2.84. The van der Waals surface area contributed by atoms with Crippen LogP contribution < -0.4 is 5.32 Å². The van der Waals surface area contributed by atoms with Crippen LogP contribution in [0.5, 0.6) is 0 Å². The Labute approximate surface area is 183 Å². The molecule has 0 bridgehead atoms. The number of fused-ring (bicyclic) bond motifs is 4. The van der Waals surface area contributed by atoms with E-state index in [2.05, 4.69) is 89.2 Å². The van der Waals surface area contributed by atoms with Gasteiger partial charge >= 0.3 is 0 Å². The Morgan fingerprint density at radius 2 is 1.65 bits per heavy atom. The predicted octanol–water partition coefficient (Wildman–Crippen LogP) is 7.70. The summed E-state index contributed by atoms with van der Waals surface area (Å²) in [5.41, 5.74) is 10.6. The van der Waals surface area contributed by atoms with Crippen molar-refractivity contribution >= 4 is 27.7 Å². The molecule has 3 aromatic carbocycles. The van der Waals surface area contributed by atoms with Crippen LogP contribution in [0, 0.1) is 0 Å². The van der Waals surface area contributed by atoms with Crippen LogP contribution in [0.25, 0.3) is 27.5 Å². The van der Waals surface area contributed by atoms with Crippen molar-refractivity contribution in [2.24, 2.45) is 0 Å². The van der Waals surface area contributed by atoms with Gasteiger partial charge in [0, 0.05) is 29.3 Å². The minimum absolute atomic E-state index is 1.10. The zero-order valence-electron chi connectivity index (χ0n) is 17.4. The minimum atomic E-state index is 1.10. The van der Waals surface area contributed by atoms with Crippen LogP contribution in [0.15, 0.2) is 96.8 Å². The lowest BCUT2D eigenvalue weighted by molar-refractivity contribution is 0.831. The fourth-order valence-corrected chi connectivity index (χ4v) is 5.03. The molecule has 0 saturated carbocycles. The number of hydrogen-bond acceptors (Lipinski definition) is 2. The highest BCUT2D eigenvalue weighted by Gasteiger charge is 2.21. The molecule has 0 amide bonds. The van der Waals surface area contributed by atoms with Crippen molar-refractivity contribution < 1.29 is 0 Å². The molecule has 2 aliphatic rings. The Hall–Kier alpha value is -3.65. The number of benzene rings is 3. The van der Waals surface area contributed by atoms with Crippen molar-refractivity contribution in [1.82, 2.24) is 4.98 Å². The standard InChI is InChI=1S/C29H24N2/c1-2-7-23(8-3-1)31-29-19-27-22(18-28(29)21-14-16-30-17-15-21)11-13-25-24-9-5-4-6-20(24)10-12-26(25)27/h1-3,5,7-9,11,13-19,31H,4,6,10,12H2. The number of nitrogens with one attached hydrogen (secondary N) is 1. The molecule has 0 atom stereocenters. The molecule has 31 heavy (non-hydrogen) atoms. The number of para-hydroxylation sites is 1. The van der Waals surface area contributed by atoms with Crippen molar-refractivity contribution in [3.05, 3.63) is 108 Å². The van der Waals surface area contributed by atoms with Crippen LogP contribution >= 0.6 is 0 Å². The van der Waals surface area contributed by atoms with Gasteiger partial charge < -0.3 is 5.32 Å². The van der Waals surface area contributed by atoms with Crippen LogP contribution in [0.4, 0.5) is 11.4 Å². The monoisotopic (exact) mass is 400 g/mol. The van der Waals surface area contributed by atoms with Gasteiger partial charge in [-0.1, -0.05) is 48.1 Å². The molecule has 0 unspecified atom stereocenters. The Kier molecular flexibility index (Phi) is 4.42. The van der Waals surface area contributed by atoms with E-state index in [0.29, 0.717) is 0 Å². The lowest BCUT2D eigenvalue weighted by Crippen LogP contribution is -2.07. The van der Waals surface area contributed by atoms with Crippen molar-refractivity contribution in [3.63, 3.8) is 0 Å². The summed E-state index contributed by atoms with van der Waals surface area (Å²) in [4.78, 5) is 4.21. The maximum atomic E-state index is 4.21. The van der Waals surface area contributed by atoms with Gasteiger partial charge in [-0.05, 0) is 95.1 Å². The molecular weight excluding hydrogens is 376 g/mol. The fraction of sp³-hybridized carbons (Fsp3) is 0.138. The zero-order chi connectivity index (χ0) is 20.6. The Morgan fingerprint density at radius 3 is 2.52 bits per heavy atom. The van der Waals surface area contributed by atoms with Crippen LogP contribution in [0.2, 0.25) is 0 Å². The first-order valence-electron chi connectivity index (χ1n) is 11.1. The van der Waals surface area contributed by atoms with E-state index in [9.17, 15) is 0 Å². The third-order valence-corrected chi connectivity index (χ3v) is 6.56. The van der Waals surface area contributed by atoms with Gasteiger partial charge in [0.05, 0.1) is 0 Å². The summed E-state index contributed by atoms with van der Waals surface area (Å²) in [5.74, 6) is 0. The molecule has 0 spiro atoms. The number of hydrogen-bond donors (Lipinski definition) is 1. The largest absolute Gasteiger partial charge is 0.355 e. The molecule has 1 heterocycles. The van der Waals surface area contributed by atoms with Gasteiger partial charge in [-0.15, -0.1) is 0 Å². The van der Waals surface area contributed by atoms with E-state index >= 15 is 0 Å². The van der Waals surface area contributed by atoms with Gasteiger partial charge in [0.25, 0.3) is 0 Å². The van der Waals surface area contributed by atoms with Gasteiger partial charge in [-0.3, -0.25) is 4.98 Å². The SMILES string of the molecule is C1=CC2=C(CC1)CCc1c2ccc2cc(-c3ccncc3)c(Nc3ccccc3)cc12. The maximum absolute atomic E-state index is 4.21. The Bertz CT molecular complexity index is 1330. The maximum Gasteiger partial charge on any atom is 0.0470 e. The first-order valence-corrected chi connectivity index (χ1v) is 11.1. The van der Waals surface area contributed by atoms with Crippen molar-refractivity contribution in [2.75, 3.05) is 5.32 Å². The summed E-state index contributed by atoms with van der Waals surface area (Å²) in [5, 5.41) is 6.34. The fourth-order valence-electron chi connectivity index (χ4n) is 5.03. The van der Waals surface area contributed by atoms with Crippen LogP contribution in [0.3, 0.4) is 0 Å². The van der Waals surface area contributed by atoms with E-state index in [0.717, 1.165) is 17.8 Å². The third kappa shape index (κ3) is 3.25. The summed E-state index contributed by atoms with van der Waals surface area (Å²) in [6, 6.07) is 23.9. The first kappa shape index (κ1) is 18.1. The molecule has 150 valence electrons.